The lowest BCUT2D eigenvalue weighted by atomic mass is 9.84. The molecule has 3 atom stereocenters. The minimum atomic E-state index is 0. The second kappa shape index (κ2) is 7.52. The van der Waals surface area contributed by atoms with Gasteiger partial charge in [-0.1, -0.05) is 12.1 Å². The molecule has 3 nitrogen and oxygen atoms in total. The zero-order chi connectivity index (χ0) is 14.2. The van der Waals surface area contributed by atoms with Crippen LogP contribution in [0.1, 0.15) is 30.7 Å². The van der Waals surface area contributed by atoms with Gasteiger partial charge in [0, 0.05) is 36.0 Å². The largest absolute Gasteiger partial charge is 0.497 e. The summed E-state index contributed by atoms with van der Waals surface area (Å²) in [5.74, 6) is 1.52. The van der Waals surface area contributed by atoms with Crippen LogP contribution in [0, 0.1) is 0 Å². The van der Waals surface area contributed by atoms with Gasteiger partial charge in [0.1, 0.15) is 5.75 Å². The fourth-order valence-electron chi connectivity index (χ4n) is 3.81. The van der Waals surface area contributed by atoms with Crippen molar-refractivity contribution in [3.8, 4) is 16.9 Å². The highest BCUT2D eigenvalue weighted by atomic mass is 35.5. The Balaban J connectivity index is 0.000000960. The van der Waals surface area contributed by atoms with Gasteiger partial charge in [0.05, 0.1) is 7.11 Å². The third kappa shape index (κ3) is 3.47. The molecule has 0 amide bonds. The van der Waals surface area contributed by atoms with Crippen molar-refractivity contribution in [2.45, 2.75) is 37.3 Å². The first-order valence-electron chi connectivity index (χ1n) is 7.69. The summed E-state index contributed by atoms with van der Waals surface area (Å²) in [5, 5.41) is 3.71. The standard InChI is InChI=1S/C18H20N2O.2ClH/c1-21-16-4-2-3-12(8-16)13-7-14(11-19-10-13)17-9-15-5-6-18(17)20-15;;/h2-4,7-8,10-11,15,17-18,20H,5-6,9H2,1H3;2*1H. The van der Waals surface area contributed by atoms with E-state index in [1.807, 2.05) is 24.5 Å². The molecule has 0 spiro atoms. The highest BCUT2D eigenvalue weighted by molar-refractivity contribution is 5.85. The summed E-state index contributed by atoms with van der Waals surface area (Å²) in [6, 6.07) is 11.9. The molecule has 4 rings (SSSR count). The van der Waals surface area contributed by atoms with Gasteiger partial charge >= 0.3 is 0 Å². The Morgan fingerprint density at radius 2 is 1.96 bits per heavy atom. The molecule has 5 heteroatoms. The first-order valence-corrected chi connectivity index (χ1v) is 7.69. The molecule has 2 saturated heterocycles. The number of halogens is 2. The van der Waals surface area contributed by atoms with Gasteiger partial charge in [-0.2, -0.15) is 0 Å². The van der Waals surface area contributed by atoms with Crippen LogP contribution < -0.4 is 10.1 Å². The molecule has 2 aromatic rings. The van der Waals surface area contributed by atoms with E-state index in [-0.39, 0.29) is 24.8 Å². The third-order valence-corrected chi connectivity index (χ3v) is 4.89. The van der Waals surface area contributed by atoms with Gasteiger partial charge in [0.2, 0.25) is 0 Å². The lowest BCUT2D eigenvalue weighted by molar-refractivity contribution is 0.415. The highest BCUT2D eigenvalue weighted by Gasteiger charge is 2.39. The van der Waals surface area contributed by atoms with E-state index in [1.54, 1.807) is 7.11 Å². The highest BCUT2D eigenvalue weighted by Crippen LogP contribution is 2.40. The molecule has 1 N–H and O–H groups in total. The van der Waals surface area contributed by atoms with Gasteiger partial charge in [-0.05, 0) is 48.6 Å². The van der Waals surface area contributed by atoms with E-state index in [1.165, 1.54) is 36.0 Å². The van der Waals surface area contributed by atoms with E-state index in [4.69, 9.17) is 4.74 Å². The van der Waals surface area contributed by atoms with Crippen LogP contribution in [0.3, 0.4) is 0 Å². The first kappa shape index (κ1) is 18.1. The molecule has 1 aromatic heterocycles. The summed E-state index contributed by atoms with van der Waals surface area (Å²) in [6.45, 7) is 0. The molecule has 2 bridgehead atoms. The molecular formula is C18H22Cl2N2O. The van der Waals surface area contributed by atoms with Crippen molar-refractivity contribution >= 4 is 24.8 Å². The second-order valence-electron chi connectivity index (χ2n) is 6.13. The van der Waals surface area contributed by atoms with E-state index in [2.05, 4.69) is 28.5 Å². The Labute approximate surface area is 149 Å². The lowest BCUT2D eigenvalue weighted by Crippen LogP contribution is -2.21. The number of aromatic nitrogens is 1. The van der Waals surface area contributed by atoms with Crippen LogP contribution in [0.4, 0.5) is 0 Å². The van der Waals surface area contributed by atoms with Crippen molar-refractivity contribution in [3.05, 3.63) is 48.3 Å². The summed E-state index contributed by atoms with van der Waals surface area (Å²) < 4.78 is 5.32. The number of fused-ring (bicyclic) bond motifs is 2. The predicted molar refractivity (Wildman–Crippen MR) is 98.0 cm³/mol. The molecule has 2 aliphatic rings. The molecule has 1 aromatic carbocycles. The van der Waals surface area contributed by atoms with Crippen molar-refractivity contribution < 1.29 is 4.74 Å². The van der Waals surface area contributed by atoms with E-state index in [0.29, 0.717) is 12.0 Å². The number of nitrogens with one attached hydrogen (secondary N) is 1. The smallest absolute Gasteiger partial charge is 0.119 e. The van der Waals surface area contributed by atoms with Crippen LogP contribution in [-0.4, -0.2) is 24.2 Å². The predicted octanol–water partition coefficient (Wildman–Crippen LogP) is 4.21. The summed E-state index contributed by atoms with van der Waals surface area (Å²) in [6.07, 6.45) is 7.88. The van der Waals surface area contributed by atoms with Crippen LogP contribution in [0.2, 0.25) is 0 Å². The first-order chi connectivity index (χ1) is 10.3. The van der Waals surface area contributed by atoms with E-state index < -0.39 is 0 Å². The number of benzene rings is 1. The van der Waals surface area contributed by atoms with Gasteiger partial charge in [0.25, 0.3) is 0 Å². The summed E-state index contributed by atoms with van der Waals surface area (Å²) in [7, 11) is 1.70. The van der Waals surface area contributed by atoms with Gasteiger partial charge < -0.3 is 10.1 Å². The summed E-state index contributed by atoms with van der Waals surface area (Å²) in [4.78, 5) is 4.48. The molecule has 2 aliphatic heterocycles. The normalized spacial score (nSPS) is 24.7. The zero-order valence-corrected chi connectivity index (χ0v) is 14.7. The number of nitrogens with zero attached hydrogens (tertiary/aromatic N) is 1. The second-order valence-corrected chi connectivity index (χ2v) is 6.13. The van der Waals surface area contributed by atoms with Crippen LogP contribution >= 0.6 is 24.8 Å². The SMILES string of the molecule is COc1cccc(-c2cncc(C3CC4CCC3N4)c2)c1.Cl.Cl. The summed E-state index contributed by atoms with van der Waals surface area (Å²) >= 11 is 0. The zero-order valence-electron chi connectivity index (χ0n) is 13.1. The van der Waals surface area contributed by atoms with Crippen molar-refractivity contribution in [2.75, 3.05) is 7.11 Å². The maximum atomic E-state index is 5.32. The fraction of sp³-hybridized carbons (Fsp3) is 0.389. The Kier molecular flexibility index (Phi) is 5.90. The van der Waals surface area contributed by atoms with Crippen molar-refractivity contribution in [1.82, 2.24) is 10.3 Å². The number of hydrogen-bond donors (Lipinski definition) is 1. The van der Waals surface area contributed by atoms with Crippen LogP contribution in [0.15, 0.2) is 42.7 Å². The van der Waals surface area contributed by atoms with E-state index >= 15 is 0 Å². The van der Waals surface area contributed by atoms with Crippen molar-refractivity contribution in [1.29, 1.82) is 0 Å². The maximum absolute atomic E-state index is 5.32. The lowest BCUT2D eigenvalue weighted by Gasteiger charge is -2.20. The molecule has 3 heterocycles. The van der Waals surface area contributed by atoms with Crippen molar-refractivity contribution in [3.63, 3.8) is 0 Å². The van der Waals surface area contributed by atoms with Crippen molar-refractivity contribution in [2.24, 2.45) is 0 Å². The van der Waals surface area contributed by atoms with Gasteiger partial charge in [-0.25, -0.2) is 0 Å². The van der Waals surface area contributed by atoms with Crippen LogP contribution in [0.25, 0.3) is 11.1 Å². The number of methoxy groups -OCH3 is 1. The Hall–Kier alpha value is -1.29. The van der Waals surface area contributed by atoms with Gasteiger partial charge in [-0.15, -0.1) is 24.8 Å². The topological polar surface area (TPSA) is 34.1 Å². The Morgan fingerprint density at radius 1 is 1.09 bits per heavy atom. The Morgan fingerprint density at radius 3 is 2.65 bits per heavy atom. The minimum absolute atomic E-state index is 0. The van der Waals surface area contributed by atoms with E-state index in [0.717, 1.165) is 11.8 Å². The molecule has 3 unspecified atom stereocenters. The number of pyridine rings is 1. The van der Waals surface area contributed by atoms with Gasteiger partial charge in [0.15, 0.2) is 0 Å². The molecular weight excluding hydrogens is 331 g/mol. The van der Waals surface area contributed by atoms with Gasteiger partial charge in [-0.3, -0.25) is 4.98 Å². The monoisotopic (exact) mass is 352 g/mol. The number of hydrogen-bond acceptors (Lipinski definition) is 3. The molecule has 124 valence electrons. The third-order valence-electron chi connectivity index (χ3n) is 4.89. The molecule has 0 saturated carbocycles. The maximum Gasteiger partial charge on any atom is 0.119 e. The summed E-state index contributed by atoms with van der Waals surface area (Å²) in [5.41, 5.74) is 3.71. The van der Waals surface area contributed by atoms with Crippen LogP contribution in [0.5, 0.6) is 5.75 Å². The molecule has 2 fully saturated rings. The Bertz CT molecular complexity index is 665. The average Bonchev–Trinajstić information content (AvgIpc) is 3.18. The molecule has 23 heavy (non-hydrogen) atoms. The van der Waals surface area contributed by atoms with Crippen LogP contribution in [-0.2, 0) is 0 Å². The molecule has 0 aliphatic carbocycles. The fourth-order valence-corrected chi connectivity index (χ4v) is 3.81. The quantitative estimate of drug-likeness (QED) is 0.898. The van der Waals surface area contributed by atoms with E-state index in [9.17, 15) is 0 Å². The average molecular weight is 353 g/mol. The number of rotatable bonds is 3. The number of ether oxygens (including phenoxy) is 1. The molecule has 0 radical (unpaired) electrons. The minimum Gasteiger partial charge on any atom is -0.497 e.